The Kier molecular flexibility index (Phi) is 6.01. The van der Waals surface area contributed by atoms with Crippen molar-refractivity contribution in [3.8, 4) is 0 Å². The quantitative estimate of drug-likeness (QED) is 0.599. The van der Waals surface area contributed by atoms with Gasteiger partial charge >= 0.3 is 0 Å². The third kappa shape index (κ3) is 4.44. The van der Waals surface area contributed by atoms with Crippen LogP contribution in [-0.2, 0) is 9.59 Å². The number of carbonyl (C=O) groups is 2. The fraction of sp³-hybridized carbons (Fsp3) is 0.286. The molecule has 9 nitrogen and oxygen atoms in total. The second kappa shape index (κ2) is 8.86. The molecule has 0 bridgehead atoms. The summed E-state index contributed by atoms with van der Waals surface area (Å²) < 4.78 is 0. The van der Waals surface area contributed by atoms with Crippen LogP contribution in [0.25, 0.3) is 0 Å². The molecule has 2 amide bonds. The molecule has 1 fully saturated rings. The molecule has 0 aliphatic carbocycles. The van der Waals surface area contributed by atoms with E-state index in [1.807, 2.05) is 34.1 Å². The number of nitrogens with one attached hydrogen (secondary N) is 1. The number of hydrogen-bond acceptors (Lipinski definition) is 7. The van der Waals surface area contributed by atoms with Gasteiger partial charge in [0, 0.05) is 49.4 Å². The number of para-hydroxylation sites is 2. The Morgan fingerprint density at radius 1 is 1.03 bits per heavy atom. The fourth-order valence-corrected chi connectivity index (χ4v) is 5.05. The van der Waals surface area contributed by atoms with Gasteiger partial charge in [-0.25, -0.2) is 0 Å². The number of aromatic amines is 1. The highest BCUT2D eigenvalue weighted by molar-refractivity contribution is 8.02. The Hall–Kier alpha value is -3.24. The molecule has 1 aromatic carbocycles. The van der Waals surface area contributed by atoms with E-state index in [0.717, 1.165) is 30.0 Å². The summed E-state index contributed by atoms with van der Waals surface area (Å²) in [7, 11) is 0. The van der Waals surface area contributed by atoms with Crippen molar-refractivity contribution in [1.29, 1.82) is 0 Å². The number of benzene rings is 1. The Morgan fingerprint density at radius 3 is 2.35 bits per heavy atom. The monoisotopic (exact) mass is 440 g/mol. The molecule has 0 spiro atoms. The van der Waals surface area contributed by atoms with Crippen LogP contribution in [-0.4, -0.2) is 54.4 Å². The summed E-state index contributed by atoms with van der Waals surface area (Å²) in [5.74, 6) is -0.844. The molecule has 1 unspecified atom stereocenters. The molecule has 2 aliphatic rings. The molecule has 2 aromatic rings. The highest BCUT2D eigenvalue weighted by Gasteiger charge is 2.34. The van der Waals surface area contributed by atoms with E-state index in [-0.39, 0.29) is 23.4 Å². The summed E-state index contributed by atoms with van der Waals surface area (Å²) in [6.07, 6.45) is 1.66. The SMILES string of the molecule is NC(=O)CN1CCN(c2ccccc2N2C(C(N)=O)=CSC2c2ccc(=O)[nH]c2)CC1. The smallest absolute Gasteiger partial charge is 0.265 e. The summed E-state index contributed by atoms with van der Waals surface area (Å²) in [5, 5.41) is 1.52. The topological polar surface area (TPSA) is 129 Å². The third-order valence-electron chi connectivity index (χ3n) is 5.38. The van der Waals surface area contributed by atoms with Crippen molar-refractivity contribution in [2.24, 2.45) is 11.5 Å². The maximum Gasteiger partial charge on any atom is 0.265 e. The van der Waals surface area contributed by atoms with Crippen LogP contribution >= 0.6 is 11.8 Å². The molecular formula is C21H24N6O3S. The Balaban J connectivity index is 1.66. The van der Waals surface area contributed by atoms with E-state index in [0.29, 0.717) is 18.8 Å². The van der Waals surface area contributed by atoms with Gasteiger partial charge in [-0.05, 0) is 18.2 Å². The summed E-state index contributed by atoms with van der Waals surface area (Å²) in [4.78, 5) is 43.9. The normalized spacial score (nSPS) is 19.4. The lowest BCUT2D eigenvalue weighted by atomic mass is 10.1. The number of nitrogens with two attached hydrogens (primary N) is 2. The molecule has 2 aliphatic heterocycles. The predicted octanol–water partition coefficient (Wildman–Crippen LogP) is 0.561. The zero-order valence-electron chi connectivity index (χ0n) is 16.9. The molecule has 3 heterocycles. The average Bonchev–Trinajstić information content (AvgIpc) is 3.20. The van der Waals surface area contributed by atoms with Crippen LogP contribution in [0.2, 0.25) is 0 Å². The summed E-state index contributed by atoms with van der Waals surface area (Å²) in [5.41, 5.74) is 13.9. The van der Waals surface area contributed by atoms with Crippen molar-refractivity contribution >= 4 is 35.0 Å². The lowest BCUT2D eigenvalue weighted by Crippen LogP contribution is -2.49. The standard InChI is InChI=1S/C21H24N6O3S/c22-18(28)12-25-7-9-26(10-8-25)15-3-1-2-4-16(15)27-17(20(23)30)13-31-21(27)14-5-6-19(29)24-11-14/h1-6,11,13,21H,7-10,12H2,(H2,22,28)(H2,23,30)(H,24,29). The first kappa shape index (κ1) is 21.0. The molecule has 10 heteroatoms. The summed E-state index contributed by atoms with van der Waals surface area (Å²) in [6, 6.07) is 11.1. The molecule has 1 saturated heterocycles. The number of aromatic nitrogens is 1. The number of rotatable bonds is 6. The first-order chi connectivity index (χ1) is 14.9. The number of primary amides is 2. The van der Waals surface area contributed by atoms with Gasteiger partial charge in [-0.2, -0.15) is 0 Å². The van der Waals surface area contributed by atoms with Gasteiger partial charge in [-0.3, -0.25) is 19.3 Å². The predicted molar refractivity (Wildman–Crippen MR) is 121 cm³/mol. The molecule has 31 heavy (non-hydrogen) atoms. The Morgan fingerprint density at radius 2 is 1.74 bits per heavy atom. The van der Waals surface area contributed by atoms with Gasteiger partial charge in [0.1, 0.15) is 11.1 Å². The van der Waals surface area contributed by atoms with E-state index in [1.54, 1.807) is 17.7 Å². The fourth-order valence-electron chi connectivity index (χ4n) is 3.91. The van der Waals surface area contributed by atoms with Crippen LogP contribution in [0.1, 0.15) is 10.9 Å². The molecule has 4 rings (SSSR count). The first-order valence-electron chi connectivity index (χ1n) is 9.92. The van der Waals surface area contributed by atoms with Crippen molar-refractivity contribution < 1.29 is 9.59 Å². The summed E-state index contributed by atoms with van der Waals surface area (Å²) >= 11 is 1.47. The largest absolute Gasteiger partial charge is 0.369 e. The van der Waals surface area contributed by atoms with Crippen molar-refractivity contribution in [1.82, 2.24) is 9.88 Å². The van der Waals surface area contributed by atoms with Gasteiger partial charge in [0.15, 0.2) is 0 Å². The summed E-state index contributed by atoms with van der Waals surface area (Å²) in [6.45, 7) is 3.14. The molecule has 0 saturated carbocycles. The average molecular weight is 441 g/mol. The van der Waals surface area contributed by atoms with Gasteiger partial charge in [0.2, 0.25) is 11.5 Å². The van der Waals surface area contributed by atoms with Gasteiger partial charge in [0.05, 0.1) is 17.9 Å². The molecule has 0 radical (unpaired) electrons. The van der Waals surface area contributed by atoms with Gasteiger partial charge in [-0.1, -0.05) is 12.1 Å². The van der Waals surface area contributed by atoms with Gasteiger partial charge < -0.3 is 26.3 Å². The van der Waals surface area contributed by atoms with Gasteiger partial charge in [0.25, 0.3) is 5.91 Å². The van der Waals surface area contributed by atoms with E-state index in [9.17, 15) is 14.4 Å². The van der Waals surface area contributed by atoms with Crippen LogP contribution in [0.5, 0.6) is 0 Å². The second-order valence-corrected chi connectivity index (χ2v) is 8.38. The minimum absolute atomic E-state index is 0.185. The lowest BCUT2D eigenvalue weighted by Gasteiger charge is -2.38. The van der Waals surface area contributed by atoms with E-state index in [2.05, 4.69) is 9.88 Å². The first-order valence-corrected chi connectivity index (χ1v) is 10.9. The maximum absolute atomic E-state index is 12.2. The number of nitrogens with zero attached hydrogens (tertiary/aromatic N) is 3. The van der Waals surface area contributed by atoms with Crippen LogP contribution in [0, 0.1) is 0 Å². The minimum Gasteiger partial charge on any atom is -0.369 e. The highest BCUT2D eigenvalue weighted by Crippen LogP contribution is 2.47. The van der Waals surface area contributed by atoms with Crippen molar-refractivity contribution in [2.75, 3.05) is 42.5 Å². The van der Waals surface area contributed by atoms with Crippen LogP contribution in [0.15, 0.2) is 58.5 Å². The lowest BCUT2D eigenvalue weighted by molar-refractivity contribution is -0.119. The molecule has 162 valence electrons. The van der Waals surface area contributed by atoms with Crippen molar-refractivity contribution in [2.45, 2.75) is 5.37 Å². The van der Waals surface area contributed by atoms with Crippen molar-refractivity contribution in [3.63, 3.8) is 0 Å². The number of amides is 2. The zero-order chi connectivity index (χ0) is 22.0. The Bertz CT molecular complexity index is 1060. The number of anilines is 2. The molecular weight excluding hydrogens is 416 g/mol. The number of thioether (sulfide) groups is 1. The zero-order valence-corrected chi connectivity index (χ0v) is 17.7. The third-order valence-corrected chi connectivity index (χ3v) is 6.48. The molecule has 1 atom stereocenters. The highest BCUT2D eigenvalue weighted by atomic mass is 32.2. The van der Waals surface area contributed by atoms with E-state index in [4.69, 9.17) is 11.5 Å². The number of hydrogen-bond donors (Lipinski definition) is 3. The number of carbonyl (C=O) groups excluding carboxylic acids is 2. The minimum atomic E-state index is -0.513. The van der Waals surface area contributed by atoms with Crippen LogP contribution in [0.3, 0.4) is 0 Å². The number of piperazine rings is 1. The van der Waals surface area contributed by atoms with E-state index >= 15 is 0 Å². The maximum atomic E-state index is 12.2. The number of pyridine rings is 1. The number of H-pyrrole nitrogens is 1. The van der Waals surface area contributed by atoms with Crippen molar-refractivity contribution in [3.05, 3.63) is 69.6 Å². The molecule has 1 aromatic heterocycles. The van der Waals surface area contributed by atoms with E-state index < -0.39 is 5.91 Å². The second-order valence-electron chi connectivity index (χ2n) is 7.43. The van der Waals surface area contributed by atoms with Crippen LogP contribution < -0.4 is 26.8 Å². The van der Waals surface area contributed by atoms with E-state index in [1.165, 1.54) is 17.8 Å². The van der Waals surface area contributed by atoms with Gasteiger partial charge in [-0.15, -0.1) is 11.8 Å². The van der Waals surface area contributed by atoms with Crippen LogP contribution in [0.4, 0.5) is 11.4 Å². The Labute approximate surface area is 183 Å². The molecule has 5 N–H and O–H groups in total.